The van der Waals surface area contributed by atoms with Gasteiger partial charge in [-0.1, -0.05) is 26.0 Å². The van der Waals surface area contributed by atoms with Gasteiger partial charge in [0.15, 0.2) is 6.23 Å². The molecule has 1 aromatic rings. The van der Waals surface area contributed by atoms with Gasteiger partial charge in [0.1, 0.15) is 5.75 Å². The molecule has 1 rings (SSSR count). The second-order valence-corrected chi connectivity index (χ2v) is 5.37. The molecule has 0 aliphatic rings. The predicted molar refractivity (Wildman–Crippen MR) is 84.9 cm³/mol. The van der Waals surface area contributed by atoms with Gasteiger partial charge in [-0.15, -0.1) is 0 Å². The number of benzene rings is 1. The number of carbonyl (C=O) groups is 1. The Morgan fingerprint density at radius 3 is 2.14 bits per heavy atom. The van der Waals surface area contributed by atoms with Crippen LogP contribution in [0.5, 0.6) is 5.75 Å². The molecule has 0 spiro atoms. The Balaban J connectivity index is 2.53. The first-order chi connectivity index (χ1) is 10.5. The molecule has 3 N–H and O–H groups in total. The summed E-state index contributed by atoms with van der Waals surface area (Å²) in [6, 6.07) is 7.36. The van der Waals surface area contributed by atoms with Crippen molar-refractivity contribution in [1.29, 1.82) is 0 Å². The number of aliphatic hydroxyl groups excluding tert-OH is 2. The minimum absolute atomic E-state index is 0.153. The third-order valence-electron chi connectivity index (χ3n) is 3.21. The number of urea groups is 1. The maximum Gasteiger partial charge on any atom is 0.320 e. The van der Waals surface area contributed by atoms with Crippen molar-refractivity contribution >= 4 is 6.03 Å². The molecule has 1 atom stereocenters. The van der Waals surface area contributed by atoms with Gasteiger partial charge < -0.3 is 25.2 Å². The van der Waals surface area contributed by atoms with Crippen molar-refractivity contribution in [2.24, 2.45) is 0 Å². The standard InChI is InChI=1S/C16H26N2O4/c1-12(2)14-4-6-15(7-5-14)22-13(3)17-16(21)18(8-10-19)9-11-20/h4-7,12-13,19-20H,8-11H2,1-3H3,(H,17,21). The Kier molecular flexibility index (Phi) is 7.70. The summed E-state index contributed by atoms with van der Waals surface area (Å²) in [5, 5.41) is 20.5. The maximum atomic E-state index is 12.0. The van der Waals surface area contributed by atoms with Crippen LogP contribution < -0.4 is 10.1 Å². The second kappa shape index (κ2) is 9.27. The van der Waals surface area contributed by atoms with Gasteiger partial charge >= 0.3 is 6.03 Å². The Morgan fingerprint density at radius 2 is 1.68 bits per heavy atom. The van der Waals surface area contributed by atoms with Gasteiger partial charge in [-0.05, 0) is 30.5 Å². The van der Waals surface area contributed by atoms with Crippen LogP contribution in [0.1, 0.15) is 32.3 Å². The monoisotopic (exact) mass is 310 g/mol. The van der Waals surface area contributed by atoms with Gasteiger partial charge in [-0.3, -0.25) is 0 Å². The number of carbonyl (C=O) groups excluding carboxylic acids is 1. The van der Waals surface area contributed by atoms with Crippen LogP contribution in [0.3, 0.4) is 0 Å². The number of rotatable bonds is 8. The molecule has 6 nitrogen and oxygen atoms in total. The van der Waals surface area contributed by atoms with E-state index in [-0.39, 0.29) is 32.3 Å². The van der Waals surface area contributed by atoms with Crippen molar-refractivity contribution in [1.82, 2.24) is 10.2 Å². The highest BCUT2D eigenvalue weighted by atomic mass is 16.5. The van der Waals surface area contributed by atoms with Crippen LogP contribution in [-0.4, -0.2) is 53.7 Å². The van der Waals surface area contributed by atoms with Crippen molar-refractivity contribution in [3.05, 3.63) is 29.8 Å². The Bertz CT molecular complexity index is 442. The van der Waals surface area contributed by atoms with Crippen molar-refractivity contribution < 1.29 is 19.7 Å². The van der Waals surface area contributed by atoms with Crippen LogP contribution in [0.4, 0.5) is 4.79 Å². The molecular weight excluding hydrogens is 284 g/mol. The van der Waals surface area contributed by atoms with Gasteiger partial charge in [0.25, 0.3) is 0 Å². The fraction of sp³-hybridized carbons (Fsp3) is 0.562. The number of nitrogens with one attached hydrogen (secondary N) is 1. The van der Waals surface area contributed by atoms with Crippen molar-refractivity contribution in [3.8, 4) is 5.75 Å². The molecule has 6 heteroatoms. The summed E-state index contributed by atoms with van der Waals surface area (Å²) < 4.78 is 5.64. The average Bonchev–Trinajstić information content (AvgIpc) is 2.47. The zero-order valence-electron chi connectivity index (χ0n) is 13.5. The van der Waals surface area contributed by atoms with E-state index in [1.54, 1.807) is 6.92 Å². The van der Waals surface area contributed by atoms with E-state index in [0.717, 1.165) is 0 Å². The maximum absolute atomic E-state index is 12.0. The summed E-state index contributed by atoms with van der Waals surface area (Å²) in [5.41, 5.74) is 1.22. The van der Waals surface area contributed by atoms with Gasteiger partial charge in [0.05, 0.1) is 13.2 Å². The molecule has 0 aliphatic carbocycles. The molecule has 0 bridgehead atoms. The summed E-state index contributed by atoms with van der Waals surface area (Å²) in [5.74, 6) is 1.13. The molecule has 0 aromatic heterocycles. The number of aliphatic hydroxyl groups is 2. The molecule has 22 heavy (non-hydrogen) atoms. The van der Waals surface area contributed by atoms with Gasteiger partial charge in [0, 0.05) is 13.1 Å². The quantitative estimate of drug-likeness (QED) is 0.636. The largest absolute Gasteiger partial charge is 0.471 e. The molecule has 2 amide bonds. The molecule has 0 saturated carbocycles. The fourth-order valence-electron chi connectivity index (χ4n) is 1.99. The third kappa shape index (κ3) is 5.91. The molecule has 0 radical (unpaired) electrons. The SMILES string of the molecule is CC(NC(=O)N(CCO)CCO)Oc1ccc(C(C)C)cc1. The molecular formula is C16H26N2O4. The van der Waals surface area contributed by atoms with E-state index in [4.69, 9.17) is 14.9 Å². The first kappa shape index (κ1) is 18.3. The normalized spacial score (nSPS) is 12.1. The summed E-state index contributed by atoms with van der Waals surface area (Å²) in [6.45, 7) is 6.00. The summed E-state index contributed by atoms with van der Waals surface area (Å²) in [7, 11) is 0. The number of ether oxygens (including phenoxy) is 1. The van der Waals surface area contributed by atoms with Crippen molar-refractivity contribution in [2.75, 3.05) is 26.3 Å². The first-order valence-corrected chi connectivity index (χ1v) is 7.51. The predicted octanol–water partition coefficient (Wildman–Crippen LogP) is 1.53. The zero-order chi connectivity index (χ0) is 16.5. The van der Waals surface area contributed by atoms with Crippen LogP contribution in [0, 0.1) is 0 Å². The third-order valence-corrected chi connectivity index (χ3v) is 3.21. The number of nitrogens with zero attached hydrogens (tertiary/aromatic N) is 1. The highest BCUT2D eigenvalue weighted by Gasteiger charge is 2.15. The molecule has 1 aromatic carbocycles. The smallest absolute Gasteiger partial charge is 0.320 e. The lowest BCUT2D eigenvalue weighted by Crippen LogP contribution is -2.47. The molecule has 0 fully saturated rings. The van der Waals surface area contributed by atoms with E-state index in [1.165, 1.54) is 10.5 Å². The molecule has 0 saturated heterocycles. The summed E-state index contributed by atoms with van der Waals surface area (Å²) >= 11 is 0. The number of amides is 2. The van der Waals surface area contributed by atoms with Gasteiger partial charge in [0.2, 0.25) is 0 Å². The van der Waals surface area contributed by atoms with E-state index in [0.29, 0.717) is 11.7 Å². The van der Waals surface area contributed by atoms with Crippen LogP contribution >= 0.6 is 0 Å². The van der Waals surface area contributed by atoms with E-state index < -0.39 is 6.23 Å². The van der Waals surface area contributed by atoms with E-state index >= 15 is 0 Å². The average molecular weight is 310 g/mol. The van der Waals surface area contributed by atoms with Crippen LogP contribution in [0.2, 0.25) is 0 Å². The van der Waals surface area contributed by atoms with E-state index in [1.807, 2.05) is 24.3 Å². The summed E-state index contributed by atoms with van der Waals surface area (Å²) in [6.07, 6.45) is -0.516. The molecule has 0 heterocycles. The summed E-state index contributed by atoms with van der Waals surface area (Å²) in [4.78, 5) is 13.3. The zero-order valence-corrected chi connectivity index (χ0v) is 13.5. The Morgan fingerprint density at radius 1 is 1.14 bits per heavy atom. The minimum atomic E-state index is -0.516. The van der Waals surface area contributed by atoms with Crippen LogP contribution in [-0.2, 0) is 0 Å². The molecule has 0 aliphatic heterocycles. The molecule has 124 valence electrons. The van der Waals surface area contributed by atoms with Crippen LogP contribution in [0.15, 0.2) is 24.3 Å². The Hall–Kier alpha value is -1.79. The first-order valence-electron chi connectivity index (χ1n) is 7.51. The lowest BCUT2D eigenvalue weighted by molar-refractivity contribution is 0.133. The number of hydrogen-bond acceptors (Lipinski definition) is 4. The second-order valence-electron chi connectivity index (χ2n) is 5.37. The van der Waals surface area contributed by atoms with Gasteiger partial charge in [-0.2, -0.15) is 0 Å². The topological polar surface area (TPSA) is 82.0 Å². The molecule has 1 unspecified atom stereocenters. The van der Waals surface area contributed by atoms with E-state index in [2.05, 4.69) is 19.2 Å². The fourth-order valence-corrected chi connectivity index (χ4v) is 1.99. The van der Waals surface area contributed by atoms with Crippen molar-refractivity contribution in [2.45, 2.75) is 32.9 Å². The van der Waals surface area contributed by atoms with Crippen LogP contribution in [0.25, 0.3) is 0 Å². The lowest BCUT2D eigenvalue weighted by atomic mass is 10.0. The van der Waals surface area contributed by atoms with Gasteiger partial charge in [-0.25, -0.2) is 4.79 Å². The van der Waals surface area contributed by atoms with E-state index in [9.17, 15) is 4.79 Å². The van der Waals surface area contributed by atoms with Crippen molar-refractivity contribution in [3.63, 3.8) is 0 Å². The minimum Gasteiger partial charge on any atom is -0.471 e. The highest BCUT2D eigenvalue weighted by molar-refractivity contribution is 5.74. The Labute approximate surface area is 131 Å². The number of hydrogen-bond donors (Lipinski definition) is 3. The lowest BCUT2D eigenvalue weighted by Gasteiger charge is -2.24. The highest BCUT2D eigenvalue weighted by Crippen LogP contribution is 2.19.